The average molecular weight is 227 g/mol. The van der Waals surface area contributed by atoms with Crippen LogP contribution in [0.15, 0.2) is 24.1 Å². The third kappa shape index (κ3) is 2.56. The molecule has 0 radical (unpaired) electrons. The first-order chi connectivity index (χ1) is 6.81. The van der Waals surface area contributed by atoms with E-state index in [1.807, 2.05) is 0 Å². The molecule has 0 amide bonds. The third-order valence-corrected chi connectivity index (χ3v) is 1.66. The molecule has 0 aliphatic heterocycles. The fourth-order valence-corrected chi connectivity index (χ4v) is 1.02. The number of hydrazine groups is 1. The van der Waals surface area contributed by atoms with Gasteiger partial charge in [0.25, 0.3) is 0 Å². The SMILES string of the molecule is C=CN=C([CH]=[V])c1ncnc(NN)n1. The molecule has 0 bridgehead atoms. The average Bonchev–Trinajstić information content (AvgIpc) is 2.26. The number of anilines is 1. The molecule has 1 rings (SSSR count). The summed E-state index contributed by atoms with van der Waals surface area (Å²) >= 11 is 2.27. The molecule has 0 unspecified atom stereocenters. The van der Waals surface area contributed by atoms with E-state index in [4.69, 9.17) is 5.84 Å². The van der Waals surface area contributed by atoms with E-state index in [1.54, 1.807) is 4.73 Å². The van der Waals surface area contributed by atoms with Gasteiger partial charge in [-0.15, -0.1) is 0 Å². The summed E-state index contributed by atoms with van der Waals surface area (Å²) in [6.45, 7) is 3.49. The van der Waals surface area contributed by atoms with Crippen molar-refractivity contribution in [3.63, 3.8) is 0 Å². The van der Waals surface area contributed by atoms with E-state index in [1.165, 1.54) is 12.5 Å². The quantitative estimate of drug-likeness (QED) is 0.409. The van der Waals surface area contributed by atoms with Crippen molar-refractivity contribution in [3.05, 3.63) is 24.9 Å². The summed E-state index contributed by atoms with van der Waals surface area (Å²) in [7, 11) is 0. The van der Waals surface area contributed by atoms with Crippen molar-refractivity contribution in [1.29, 1.82) is 0 Å². The molecule has 3 N–H and O–H groups in total. The Morgan fingerprint density at radius 1 is 1.64 bits per heavy atom. The zero-order valence-electron chi connectivity index (χ0n) is 7.25. The van der Waals surface area contributed by atoms with Gasteiger partial charge in [-0.2, -0.15) is 0 Å². The van der Waals surface area contributed by atoms with Gasteiger partial charge in [0.05, 0.1) is 0 Å². The second-order valence-corrected chi connectivity index (χ2v) is 2.51. The Labute approximate surface area is 89.9 Å². The first-order valence-corrected chi connectivity index (χ1v) is 4.44. The maximum atomic E-state index is 5.16. The Bertz CT molecular complexity index is 374. The van der Waals surface area contributed by atoms with E-state index in [9.17, 15) is 0 Å². The van der Waals surface area contributed by atoms with Crippen molar-refractivity contribution in [3.8, 4) is 0 Å². The number of hydrogen-bond donors (Lipinski definition) is 2. The molecule has 14 heavy (non-hydrogen) atoms. The van der Waals surface area contributed by atoms with Crippen LogP contribution in [0, 0.1) is 0 Å². The van der Waals surface area contributed by atoms with Gasteiger partial charge in [-0.3, -0.25) is 0 Å². The summed E-state index contributed by atoms with van der Waals surface area (Å²) < 4.78 is 1.71. The molecule has 0 aromatic carbocycles. The van der Waals surface area contributed by atoms with Crippen LogP contribution in [0.2, 0.25) is 0 Å². The summed E-state index contributed by atoms with van der Waals surface area (Å²) in [6, 6.07) is 0. The molecular weight excluding hydrogens is 219 g/mol. The summed E-state index contributed by atoms with van der Waals surface area (Å²) in [5.41, 5.74) is 2.92. The van der Waals surface area contributed by atoms with Crippen molar-refractivity contribution in [2.75, 3.05) is 5.43 Å². The van der Waals surface area contributed by atoms with E-state index in [0.29, 0.717) is 17.5 Å². The molecule has 7 heteroatoms. The second kappa shape index (κ2) is 5.38. The predicted octanol–water partition coefficient (Wildman–Crippen LogP) is -0.561. The molecule has 1 heterocycles. The van der Waals surface area contributed by atoms with E-state index >= 15 is 0 Å². The summed E-state index contributed by atoms with van der Waals surface area (Å²) in [5.74, 6) is 5.89. The molecule has 6 nitrogen and oxygen atoms in total. The van der Waals surface area contributed by atoms with Crippen LogP contribution in [0.5, 0.6) is 0 Å². The molecular formula is C7H8N6V. The van der Waals surface area contributed by atoms with Crippen LogP contribution >= 0.6 is 0 Å². The van der Waals surface area contributed by atoms with Crippen molar-refractivity contribution in [2.24, 2.45) is 10.8 Å². The summed E-state index contributed by atoms with van der Waals surface area (Å²) in [5, 5.41) is 0. The van der Waals surface area contributed by atoms with Gasteiger partial charge in [-0.1, -0.05) is 0 Å². The minimum atomic E-state index is 0.293. The number of nitrogens with two attached hydrogens (primary N) is 1. The third-order valence-electron chi connectivity index (χ3n) is 1.28. The molecule has 0 saturated heterocycles. The van der Waals surface area contributed by atoms with Crippen molar-refractivity contribution in [1.82, 2.24) is 15.0 Å². The monoisotopic (exact) mass is 227 g/mol. The number of hydrogen-bond acceptors (Lipinski definition) is 6. The van der Waals surface area contributed by atoms with Crippen LogP contribution in [-0.4, -0.2) is 25.4 Å². The molecule has 0 aliphatic rings. The Morgan fingerprint density at radius 2 is 2.43 bits per heavy atom. The van der Waals surface area contributed by atoms with Gasteiger partial charge in [-0.05, 0) is 0 Å². The second-order valence-electron chi connectivity index (χ2n) is 2.10. The van der Waals surface area contributed by atoms with Crippen LogP contribution in [0.3, 0.4) is 0 Å². The van der Waals surface area contributed by atoms with Crippen LogP contribution in [0.1, 0.15) is 5.82 Å². The van der Waals surface area contributed by atoms with Gasteiger partial charge in [0.15, 0.2) is 0 Å². The molecule has 1 aromatic heterocycles. The van der Waals surface area contributed by atoms with Crippen LogP contribution in [-0.2, 0) is 17.0 Å². The van der Waals surface area contributed by atoms with Crippen LogP contribution in [0.25, 0.3) is 0 Å². The fourth-order valence-electron chi connectivity index (χ4n) is 0.736. The predicted molar refractivity (Wildman–Crippen MR) is 50.4 cm³/mol. The van der Waals surface area contributed by atoms with Gasteiger partial charge in [0, 0.05) is 0 Å². The van der Waals surface area contributed by atoms with E-state index in [0.717, 1.165) is 0 Å². The van der Waals surface area contributed by atoms with Crippen molar-refractivity contribution < 1.29 is 17.0 Å². The number of nitrogens with one attached hydrogen (secondary N) is 1. The van der Waals surface area contributed by atoms with Crippen molar-refractivity contribution >= 4 is 16.4 Å². The molecule has 0 spiro atoms. The van der Waals surface area contributed by atoms with Gasteiger partial charge in [-0.25, -0.2) is 0 Å². The van der Waals surface area contributed by atoms with Crippen LogP contribution < -0.4 is 11.3 Å². The standard InChI is InChI=1S/C7H8N6.V/c1-3-9-5(2)6-10-4-11-7(12-6)13-8;/h2-4H,1,8H2,(H,10,11,12,13);. The minimum absolute atomic E-state index is 0.293. The van der Waals surface area contributed by atoms with Gasteiger partial charge in [0.2, 0.25) is 0 Å². The van der Waals surface area contributed by atoms with E-state index in [-0.39, 0.29) is 0 Å². The van der Waals surface area contributed by atoms with Gasteiger partial charge in [0.1, 0.15) is 0 Å². The number of aliphatic imine (C=N–C) groups is 1. The van der Waals surface area contributed by atoms with Gasteiger partial charge < -0.3 is 0 Å². The van der Waals surface area contributed by atoms with Gasteiger partial charge >= 0.3 is 89.5 Å². The zero-order chi connectivity index (χ0) is 10.4. The van der Waals surface area contributed by atoms with Crippen molar-refractivity contribution in [2.45, 2.75) is 0 Å². The first kappa shape index (κ1) is 10.7. The topological polar surface area (TPSA) is 89.1 Å². The number of rotatable bonds is 4. The molecule has 0 fully saturated rings. The van der Waals surface area contributed by atoms with Crippen LogP contribution in [0.4, 0.5) is 5.95 Å². The fraction of sp³-hybridized carbons (Fsp3) is 0. The molecule has 0 aliphatic carbocycles. The zero-order valence-corrected chi connectivity index (χ0v) is 8.65. The molecule has 1 aromatic rings. The normalized spacial score (nSPS) is 10.7. The maximum absolute atomic E-state index is 5.16. The first-order valence-electron chi connectivity index (χ1n) is 3.64. The number of aromatic nitrogens is 3. The van der Waals surface area contributed by atoms with E-state index < -0.39 is 0 Å². The Hall–Kier alpha value is -1.37. The summed E-state index contributed by atoms with van der Waals surface area (Å²) in [4.78, 5) is 15.7. The number of nitrogens with zero attached hydrogens (tertiary/aromatic N) is 4. The molecule has 0 atom stereocenters. The molecule has 71 valence electrons. The Balaban J connectivity index is 3.10. The Morgan fingerprint density at radius 3 is 3.00 bits per heavy atom. The Kier molecular flexibility index (Phi) is 4.12. The molecule has 0 saturated carbocycles. The summed E-state index contributed by atoms with van der Waals surface area (Å²) in [6.07, 6.45) is 2.77. The number of nitrogen functional groups attached to an aromatic ring is 1. The van der Waals surface area contributed by atoms with E-state index in [2.05, 4.69) is 48.9 Å².